The van der Waals surface area contributed by atoms with E-state index in [9.17, 15) is 14.4 Å². The van der Waals surface area contributed by atoms with Gasteiger partial charge in [-0.15, -0.1) is 17.9 Å². The molecule has 8 nitrogen and oxygen atoms in total. The Kier molecular flexibility index (Phi) is 9.47. The lowest BCUT2D eigenvalue weighted by molar-refractivity contribution is -0.119. The molecule has 2 aromatic rings. The summed E-state index contributed by atoms with van der Waals surface area (Å²) in [5.41, 5.74) is 2.39. The molecule has 2 amide bonds. The predicted octanol–water partition coefficient (Wildman–Crippen LogP) is 2.45. The fourth-order valence-electron chi connectivity index (χ4n) is 2.75. The Labute approximate surface area is 186 Å². The molecule has 0 radical (unpaired) electrons. The molecule has 0 saturated heterocycles. The van der Waals surface area contributed by atoms with E-state index in [-0.39, 0.29) is 24.9 Å². The van der Waals surface area contributed by atoms with Crippen molar-refractivity contribution in [1.82, 2.24) is 10.6 Å². The minimum atomic E-state index is -0.290. The van der Waals surface area contributed by atoms with Gasteiger partial charge in [0.05, 0.1) is 29.3 Å². The van der Waals surface area contributed by atoms with Crippen molar-refractivity contribution in [2.45, 2.75) is 0 Å². The number of carbonyl (C=O) groups excluding carboxylic acids is 3. The number of nitrogens with zero attached hydrogens (tertiary/aromatic N) is 1. The molecule has 1 heterocycles. The molecule has 0 saturated carbocycles. The second-order valence-electron chi connectivity index (χ2n) is 6.46. The number of rotatable bonds is 13. The van der Waals surface area contributed by atoms with E-state index in [0.717, 1.165) is 5.70 Å². The maximum atomic E-state index is 12.8. The summed E-state index contributed by atoms with van der Waals surface area (Å²) in [6.07, 6.45) is 2.38. The molecule has 0 unspecified atom stereocenters. The molecule has 1 aromatic heterocycles. The third-order valence-corrected chi connectivity index (χ3v) is 5.10. The number of amides is 2. The second kappa shape index (κ2) is 12.3. The number of hydrogen-bond donors (Lipinski definition) is 4. The van der Waals surface area contributed by atoms with Gasteiger partial charge in [-0.3, -0.25) is 9.59 Å². The lowest BCUT2D eigenvalue weighted by atomic mass is 10.2. The third-order valence-electron chi connectivity index (χ3n) is 4.23. The average molecular weight is 442 g/mol. The van der Waals surface area contributed by atoms with Gasteiger partial charge in [0.25, 0.3) is 5.91 Å². The van der Waals surface area contributed by atoms with Crippen molar-refractivity contribution in [2.24, 2.45) is 0 Å². The number of hydrogen-bond acceptors (Lipinski definition) is 7. The van der Waals surface area contributed by atoms with Crippen LogP contribution in [0.1, 0.15) is 9.67 Å². The Hall–Kier alpha value is -3.43. The fourth-order valence-corrected chi connectivity index (χ4v) is 3.37. The van der Waals surface area contributed by atoms with Gasteiger partial charge in [-0.05, 0) is 29.6 Å². The zero-order chi connectivity index (χ0) is 22.6. The molecule has 2 rings (SSSR count). The highest BCUT2D eigenvalue weighted by molar-refractivity contribution is 7.12. The van der Waals surface area contributed by atoms with Crippen LogP contribution in [0, 0.1) is 0 Å². The van der Waals surface area contributed by atoms with Gasteiger partial charge in [0.2, 0.25) is 5.91 Å². The first-order chi connectivity index (χ1) is 15.0. The van der Waals surface area contributed by atoms with Crippen molar-refractivity contribution in [3.63, 3.8) is 0 Å². The van der Waals surface area contributed by atoms with Crippen molar-refractivity contribution >= 4 is 46.5 Å². The van der Waals surface area contributed by atoms with Crippen LogP contribution in [0.5, 0.6) is 0 Å². The molecular formula is C22H27N5O3S. The molecule has 0 atom stereocenters. The van der Waals surface area contributed by atoms with Crippen LogP contribution in [0.25, 0.3) is 0 Å². The summed E-state index contributed by atoms with van der Waals surface area (Å²) in [4.78, 5) is 38.4. The molecule has 0 fully saturated rings. The van der Waals surface area contributed by atoms with Crippen LogP contribution < -0.4 is 26.2 Å². The molecule has 0 aliphatic carbocycles. The third kappa shape index (κ3) is 7.09. The minimum Gasteiger partial charge on any atom is -0.386 e. The minimum absolute atomic E-state index is 0.0115. The van der Waals surface area contributed by atoms with Crippen LogP contribution in [-0.2, 0) is 9.59 Å². The number of carbonyl (C=O) groups is 3. The standard InChI is InChI=1S/C22H27N5O3S/c1-4-9-25-16(2)14-24-15-21(29)27(10-11-28)19-13-17(7-8-18(19)23-3)26-22(30)20-6-5-12-31-20/h4-8,11-13,23-25H,1-2,9-10,14-15H2,3H3,(H,26,30). The first-order valence-corrected chi connectivity index (χ1v) is 10.5. The molecule has 0 bridgehead atoms. The van der Waals surface area contributed by atoms with Gasteiger partial charge >= 0.3 is 0 Å². The number of nitrogens with one attached hydrogen (secondary N) is 4. The van der Waals surface area contributed by atoms with E-state index in [1.54, 1.807) is 43.5 Å². The molecule has 9 heteroatoms. The molecule has 0 spiro atoms. The van der Waals surface area contributed by atoms with Crippen molar-refractivity contribution in [1.29, 1.82) is 0 Å². The Bertz CT molecular complexity index is 927. The summed E-state index contributed by atoms with van der Waals surface area (Å²) in [5, 5.41) is 13.7. The van der Waals surface area contributed by atoms with E-state index >= 15 is 0 Å². The van der Waals surface area contributed by atoms with Crippen molar-refractivity contribution in [2.75, 3.05) is 48.8 Å². The van der Waals surface area contributed by atoms with Gasteiger partial charge in [0.1, 0.15) is 6.29 Å². The molecule has 0 aliphatic rings. The van der Waals surface area contributed by atoms with E-state index in [1.165, 1.54) is 16.2 Å². The smallest absolute Gasteiger partial charge is 0.265 e. The highest BCUT2D eigenvalue weighted by atomic mass is 32.1. The monoisotopic (exact) mass is 441 g/mol. The lowest BCUT2D eigenvalue weighted by Crippen LogP contribution is -2.40. The lowest BCUT2D eigenvalue weighted by Gasteiger charge is -2.24. The summed E-state index contributed by atoms with van der Waals surface area (Å²) in [6.45, 7) is 8.36. The largest absolute Gasteiger partial charge is 0.386 e. The van der Waals surface area contributed by atoms with E-state index in [2.05, 4.69) is 34.4 Å². The highest BCUT2D eigenvalue weighted by Crippen LogP contribution is 2.29. The van der Waals surface area contributed by atoms with Crippen LogP contribution >= 0.6 is 11.3 Å². The Morgan fingerprint density at radius 3 is 2.68 bits per heavy atom. The van der Waals surface area contributed by atoms with E-state index < -0.39 is 0 Å². The van der Waals surface area contributed by atoms with Gasteiger partial charge in [-0.2, -0.15) is 0 Å². The summed E-state index contributed by atoms with van der Waals surface area (Å²) in [7, 11) is 1.72. The molecule has 1 aromatic carbocycles. The summed E-state index contributed by atoms with van der Waals surface area (Å²) >= 11 is 1.34. The SMILES string of the molecule is C=CCNC(=C)CNCC(=O)N(CC=O)c1cc(NC(=O)c2cccs2)ccc1NC. The van der Waals surface area contributed by atoms with Gasteiger partial charge < -0.3 is 31.0 Å². The summed E-state index contributed by atoms with van der Waals surface area (Å²) in [5.74, 6) is -0.527. The van der Waals surface area contributed by atoms with Crippen molar-refractivity contribution < 1.29 is 14.4 Å². The van der Waals surface area contributed by atoms with Gasteiger partial charge in [0, 0.05) is 31.5 Å². The van der Waals surface area contributed by atoms with Crippen LogP contribution in [0.2, 0.25) is 0 Å². The van der Waals surface area contributed by atoms with Crippen LogP contribution in [0.3, 0.4) is 0 Å². The van der Waals surface area contributed by atoms with Crippen LogP contribution in [-0.4, -0.2) is 51.3 Å². The number of benzene rings is 1. The van der Waals surface area contributed by atoms with Crippen LogP contribution in [0.4, 0.5) is 17.1 Å². The van der Waals surface area contributed by atoms with Crippen LogP contribution in [0.15, 0.2) is 60.6 Å². The normalized spacial score (nSPS) is 10.1. The van der Waals surface area contributed by atoms with Crippen molar-refractivity contribution in [3.05, 3.63) is 65.5 Å². The molecule has 4 N–H and O–H groups in total. The highest BCUT2D eigenvalue weighted by Gasteiger charge is 2.19. The van der Waals surface area contributed by atoms with E-state index in [4.69, 9.17) is 0 Å². The molecule has 31 heavy (non-hydrogen) atoms. The fraction of sp³-hybridized carbons (Fsp3) is 0.227. The first-order valence-electron chi connectivity index (χ1n) is 9.64. The van der Waals surface area contributed by atoms with Gasteiger partial charge in [0.15, 0.2) is 0 Å². The average Bonchev–Trinajstić information content (AvgIpc) is 3.31. The number of thiophene rings is 1. The molecular weight excluding hydrogens is 414 g/mol. The maximum Gasteiger partial charge on any atom is 0.265 e. The predicted molar refractivity (Wildman–Crippen MR) is 127 cm³/mol. The topological polar surface area (TPSA) is 103 Å². The quantitative estimate of drug-likeness (QED) is 0.281. The summed E-state index contributed by atoms with van der Waals surface area (Å²) < 4.78 is 0. The van der Waals surface area contributed by atoms with Gasteiger partial charge in [-0.1, -0.05) is 18.7 Å². The summed E-state index contributed by atoms with van der Waals surface area (Å²) in [6, 6.07) is 8.68. The maximum absolute atomic E-state index is 12.8. The number of anilines is 3. The number of aldehydes is 1. The second-order valence-corrected chi connectivity index (χ2v) is 7.41. The van der Waals surface area contributed by atoms with Crippen molar-refractivity contribution in [3.8, 4) is 0 Å². The zero-order valence-corrected chi connectivity index (χ0v) is 18.3. The Morgan fingerprint density at radius 1 is 1.23 bits per heavy atom. The zero-order valence-electron chi connectivity index (χ0n) is 17.4. The van der Waals surface area contributed by atoms with E-state index in [1.807, 2.05) is 5.38 Å². The first kappa shape index (κ1) is 23.8. The molecule has 164 valence electrons. The van der Waals surface area contributed by atoms with Gasteiger partial charge in [-0.25, -0.2) is 0 Å². The Morgan fingerprint density at radius 2 is 2.03 bits per heavy atom. The Balaban J connectivity index is 2.14. The van der Waals surface area contributed by atoms with E-state index in [0.29, 0.717) is 41.3 Å². The molecule has 0 aliphatic heterocycles.